The monoisotopic (exact) mass is 229 g/mol. The summed E-state index contributed by atoms with van der Waals surface area (Å²) in [6, 6.07) is 0.329. The van der Waals surface area contributed by atoms with E-state index >= 15 is 0 Å². The Morgan fingerprint density at radius 3 is 3.00 bits per heavy atom. The van der Waals surface area contributed by atoms with Gasteiger partial charge in [0.05, 0.1) is 6.04 Å². The fourth-order valence-corrected chi connectivity index (χ4v) is 3.81. The standard InChI is InChI=1S/C9H15N3S2/c1-6(10-2)8-11-12-9(14-8)7-3-4-13-5-7/h6-7,10H,3-5H2,1-2H3. The number of rotatable bonds is 3. The summed E-state index contributed by atoms with van der Waals surface area (Å²) in [6.45, 7) is 2.12. The lowest BCUT2D eigenvalue weighted by Crippen LogP contribution is -2.11. The molecule has 1 aromatic rings. The minimum atomic E-state index is 0.329. The number of hydrogen-bond acceptors (Lipinski definition) is 5. The van der Waals surface area contributed by atoms with Gasteiger partial charge in [0.15, 0.2) is 0 Å². The van der Waals surface area contributed by atoms with Crippen LogP contribution in [0.25, 0.3) is 0 Å². The lowest BCUT2D eigenvalue weighted by atomic mass is 10.1. The highest BCUT2D eigenvalue weighted by molar-refractivity contribution is 7.99. The molecule has 1 saturated heterocycles. The fourth-order valence-electron chi connectivity index (χ4n) is 1.44. The van der Waals surface area contributed by atoms with Crippen LogP contribution in [0.15, 0.2) is 0 Å². The van der Waals surface area contributed by atoms with Crippen molar-refractivity contribution in [1.82, 2.24) is 15.5 Å². The zero-order valence-corrected chi connectivity index (χ0v) is 10.1. The molecule has 2 heterocycles. The number of nitrogens with zero attached hydrogens (tertiary/aromatic N) is 2. The Morgan fingerprint density at radius 1 is 1.50 bits per heavy atom. The Labute approximate surface area is 92.7 Å². The van der Waals surface area contributed by atoms with Gasteiger partial charge in [-0.05, 0) is 26.1 Å². The van der Waals surface area contributed by atoms with E-state index < -0.39 is 0 Å². The number of thioether (sulfide) groups is 1. The second kappa shape index (κ2) is 4.59. The Hall–Kier alpha value is -0.130. The van der Waals surface area contributed by atoms with Gasteiger partial charge in [0.25, 0.3) is 0 Å². The molecular weight excluding hydrogens is 214 g/mol. The predicted molar refractivity (Wildman–Crippen MR) is 62.1 cm³/mol. The molecule has 0 radical (unpaired) electrons. The molecular formula is C9H15N3S2. The first-order chi connectivity index (χ1) is 6.81. The average molecular weight is 229 g/mol. The molecule has 1 aliphatic rings. The van der Waals surface area contributed by atoms with Crippen LogP contribution in [0, 0.1) is 0 Å². The molecule has 0 aromatic carbocycles. The Morgan fingerprint density at radius 2 is 2.36 bits per heavy atom. The second-order valence-corrected chi connectivity index (χ2v) is 5.74. The van der Waals surface area contributed by atoms with E-state index in [0.717, 1.165) is 5.01 Å². The van der Waals surface area contributed by atoms with Gasteiger partial charge in [-0.2, -0.15) is 11.8 Å². The highest BCUT2D eigenvalue weighted by Crippen LogP contribution is 2.34. The third-order valence-corrected chi connectivity index (χ3v) is 4.97. The van der Waals surface area contributed by atoms with Gasteiger partial charge in [-0.25, -0.2) is 0 Å². The summed E-state index contributed by atoms with van der Waals surface area (Å²) in [4.78, 5) is 0. The van der Waals surface area contributed by atoms with E-state index in [4.69, 9.17) is 0 Å². The first-order valence-corrected chi connectivity index (χ1v) is 6.86. The number of hydrogen-bond donors (Lipinski definition) is 1. The first kappa shape index (κ1) is 10.4. The van der Waals surface area contributed by atoms with Crippen molar-refractivity contribution in [2.75, 3.05) is 18.6 Å². The molecule has 0 aliphatic carbocycles. The van der Waals surface area contributed by atoms with Gasteiger partial charge in [-0.3, -0.25) is 0 Å². The normalized spacial score (nSPS) is 24.0. The second-order valence-electron chi connectivity index (χ2n) is 3.55. The average Bonchev–Trinajstić information content (AvgIpc) is 2.86. The summed E-state index contributed by atoms with van der Waals surface area (Å²) in [5.41, 5.74) is 0. The number of nitrogens with one attached hydrogen (secondary N) is 1. The van der Waals surface area contributed by atoms with Crippen molar-refractivity contribution in [3.8, 4) is 0 Å². The smallest absolute Gasteiger partial charge is 0.134 e. The van der Waals surface area contributed by atoms with Crippen molar-refractivity contribution in [3.63, 3.8) is 0 Å². The van der Waals surface area contributed by atoms with Crippen LogP contribution >= 0.6 is 23.1 Å². The lowest BCUT2D eigenvalue weighted by Gasteiger charge is -2.03. The Balaban J connectivity index is 2.08. The zero-order chi connectivity index (χ0) is 9.97. The molecule has 0 spiro atoms. The molecule has 5 heteroatoms. The quantitative estimate of drug-likeness (QED) is 0.861. The largest absolute Gasteiger partial charge is 0.311 e. The summed E-state index contributed by atoms with van der Waals surface area (Å²) >= 11 is 3.79. The Kier molecular flexibility index (Phi) is 3.41. The van der Waals surface area contributed by atoms with Crippen LogP contribution in [0.4, 0.5) is 0 Å². The SMILES string of the molecule is CNC(C)c1nnc(C2CCSC2)s1. The van der Waals surface area contributed by atoms with Crippen LogP contribution in [0.1, 0.15) is 35.3 Å². The summed E-state index contributed by atoms with van der Waals surface area (Å²) in [6.07, 6.45) is 1.27. The maximum Gasteiger partial charge on any atom is 0.134 e. The van der Waals surface area contributed by atoms with Crippen LogP contribution in [0.3, 0.4) is 0 Å². The molecule has 0 bridgehead atoms. The van der Waals surface area contributed by atoms with Gasteiger partial charge in [0, 0.05) is 11.7 Å². The molecule has 2 unspecified atom stereocenters. The van der Waals surface area contributed by atoms with Crippen LogP contribution in [-0.2, 0) is 0 Å². The van der Waals surface area contributed by atoms with Gasteiger partial charge >= 0.3 is 0 Å². The maximum atomic E-state index is 4.28. The van der Waals surface area contributed by atoms with Crippen LogP contribution < -0.4 is 5.32 Å². The topological polar surface area (TPSA) is 37.8 Å². The highest BCUT2D eigenvalue weighted by atomic mass is 32.2. The summed E-state index contributed by atoms with van der Waals surface area (Å²) in [7, 11) is 1.96. The van der Waals surface area contributed by atoms with Crippen molar-refractivity contribution < 1.29 is 0 Å². The molecule has 2 rings (SSSR count). The predicted octanol–water partition coefficient (Wildman–Crippen LogP) is 2.04. The van der Waals surface area contributed by atoms with Gasteiger partial charge in [-0.15, -0.1) is 10.2 Å². The third kappa shape index (κ3) is 2.10. The molecule has 14 heavy (non-hydrogen) atoms. The van der Waals surface area contributed by atoms with Crippen LogP contribution in [0.5, 0.6) is 0 Å². The lowest BCUT2D eigenvalue weighted by molar-refractivity contribution is 0.638. The van der Waals surface area contributed by atoms with Crippen molar-refractivity contribution in [2.24, 2.45) is 0 Å². The van der Waals surface area contributed by atoms with E-state index in [1.807, 2.05) is 18.8 Å². The van der Waals surface area contributed by atoms with Crippen molar-refractivity contribution >= 4 is 23.1 Å². The molecule has 1 N–H and O–H groups in total. The molecule has 0 amide bonds. The molecule has 78 valence electrons. The molecule has 0 saturated carbocycles. The van der Waals surface area contributed by atoms with E-state index in [2.05, 4.69) is 22.4 Å². The van der Waals surface area contributed by atoms with E-state index in [1.54, 1.807) is 11.3 Å². The fraction of sp³-hybridized carbons (Fsp3) is 0.778. The summed E-state index contributed by atoms with van der Waals surface area (Å²) in [5, 5.41) is 14.0. The van der Waals surface area contributed by atoms with Crippen LogP contribution in [0.2, 0.25) is 0 Å². The van der Waals surface area contributed by atoms with Gasteiger partial charge < -0.3 is 5.32 Å². The van der Waals surface area contributed by atoms with Crippen LogP contribution in [-0.4, -0.2) is 28.8 Å². The van der Waals surface area contributed by atoms with E-state index in [9.17, 15) is 0 Å². The summed E-state index contributed by atoms with van der Waals surface area (Å²) < 4.78 is 0. The Bertz CT molecular complexity index is 294. The molecule has 1 aromatic heterocycles. The van der Waals surface area contributed by atoms with Crippen molar-refractivity contribution in [3.05, 3.63) is 10.0 Å². The van der Waals surface area contributed by atoms with E-state index in [-0.39, 0.29) is 0 Å². The van der Waals surface area contributed by atoms with Gasteiger partial charge in [-0.1, -0.05) is 11.3 Å². The molecule has 1 aliphatic heterocycles. The highest BCUT2D eigenvalue weighted by Gasteiger charge is 2.22. The minimum absolute atomic E-state index is 0.329. The summed E-state index contributed by atoms with van der Waals surface area (Å²) in [5.74, 6) is 3.17. The van der Waals surface area contributed by atoms with Crippen molar-refractivity contribution in [1.29, 1.82) is 0 Å². The minimum Gasteiger partial charge on any atom is -0.311 e. The van der Waals surface area contributed by atoms with E-state index in [1.165, 1.54) is 22.9 Å². The molecule has 3 nitrogen and oxygen atoms in total. The molecule has 2 atom stereocenters. The molecule has 1 fully saturated rings. The van der Waals surface area contributed by atoms with Gasteiger partial charge in [0.1, 0.15) is 10.0 Å². The van der Waals surface area contributed by atoms with Gasteiger partial charge in [0.2, 0.25) is 0 Å². The first-order valence-electron chi connectivity index (χ1n) is 4.89. The number of aromatic nitrogens is 2. The van der Waals surface area contributed by atoms with E-state index in [0.29, 0.717) is 12.0 Å². The van der Waals surface area contributed by atoms with Crippen molar-refractivity contribution in [2.45, 2.75) is 25.3 Å². The zero-order valence-electron chi connectivity index (χ0n) is 8.49. The third-order valence-electron chi connectivity index (χ3n) is 2.54. The maximum absolute atomic E-state index is 4.28.